The quantitative estimate of drug-likeness (QED) is 0.713. The van der Waals surface area contributed by atoms with Crippen molar-refractivity contribution in [2.24, 2.45) is 11.1 Å². The van der Waals surface area contributed by atoms with Gasteiger partial charge >= 0.3 is 6.18 Å². The molecule has 1 fully saturated rings. The van der Waals surface area contributed by atoms with E-state index in [1.54, 1.807) is 0 Å². The number of rotatable bonds is 6. The number of halogens is 3. The highest BCUT2D eigenvalue weighted by atomic mass is 19.4. The Morgan fingerprint density at radius 2 is 2.06 bits per heavy atom. The maximum Gasteiger partial charge on any atom is 0.389 e. The summed E-state index contributed by atoms with van der Waals surface area (Å²) in [6.45, 7) is 3.63. The van der Waals surface area contributed by atoms with E-state index in [-0.39, 0.29) is 17.9 Å². The van der Waals surface area contributed by atoms with Crippen molar-refractivity contribution in [2.75, 3.05) is 13.1 Å². The lowest BCUT2D eigenvalue weighted by atomic mass is 9.85. The van der Waals surface area contributed by atoms with Crippen LogP contribution in [0.1, 0.15) is 45.4 Å². The third-order valence-corrected chi connectivity index (χ3v) is 3.75. The molecule has 1 aliphatic carbocycles. The lowest BCUT2D eigenvalue weighted by molar-refractivity contribution is -0.135. The number of hydrogen-bond donors (Lipinski definition) is 2. The summed E-state index contributed by atoms with van der Waals surface area (Å²) in [5.41, 5.74) is 6.15. The number of hydrogen-bond acceptors (Lipinski definition) is 2. The van der Waals surface area contributed by atoms with Crippen molar-refractivity contribution in [1.82, 2.24) is 5.32 Å². The average Bonchev–Trinajstić information content (AvgIpc) is 2.52. The van der Waals surface area contributed by atoms with Crippen LogP contribution in [0.15, 0.2) is 0 Å². The molecule has 0 saturated heterocycles. The third-order valence-electron chi connectivity index (χ3n) is 3.75. The van der Waals surface area contributed by atoms with Gasteiger partial charge in [-0.3, -0.25) is 0 Å². The molecule has 1 rings (SSSR count). The van der Waals surface area contributed by atoms with Gasteiger partial charge in [-0.1, -0.05) is 13.3 Å². The zero-order valence-corrected chi connectivity index (χ0v) is 10.4. The first-order valence-electron chi connectivity index (χ1n) is 6.36. The van der Waals surface area contributed by atoms with Crippen LogP contribution in [0.2, 0.25) is 0 Å². The predicted molar refractivity (Wildman–Crippen MR) is 62.7 cm³/mol. The van der Waals surface area contributed by atoms with E-state index in [4.69, 9.17) is 5.73 Å². The molecule has 2 nitrogen and oxygen atoms in total. The molecule has 0 radical (unpaired) electrons. The molecule has 1 aliphatic rings. The molecule has 102 valence electrons. The molecule has 0 aliphatic heterocycles. The van der Waals surface area contributed by atoms with Crippen LogP contribution in [0.5, 0.6) is 0 Å². The molecule has 5 heteroatoms. The second-order valence-electron chi connectivity index (χ2n) is 5.40. The van der Waals surface area contributed by atoms with Gasteiger partial charge in [0.05, 0.1) is 0 Å². The summed E-state index contributed by atoms with van der Waals surface area (Å²) in [7, 11) is 0. The molecule has 17 heavy (non-hydrogen) atoms. The van der Waals surface area contributed by atoms with Gasteiger partial charge in [0.15, 0.2) is 0 Å². The summed E-state index contributed by atoms with van der Waals surface area (Å²) in [4.78, 5) is 0. The van der Waals surface area contributed by atoms with Crippen molar-refractivity contribution in [3.8, 4) is 0 Å². The van der Waals surface area contributed by atoms with Gasteiger partial charge < -0.3 is 11.1 Å². The molecular formula is C12H23F3N2. The molecule has 2 atom stereocenters. The van der Waals surface area contributed by atoms with Crippen molar-refractivity contribution in [3.63, 3.8) is 0 Å². The van der Waals surface area contributed by atoms with Crippen LogP contribution in [0.3, 0.4) is 0 Å². The SMILES string of the molecule is CC1(CNCCCCC(F)(F)F)CCCC1N. The minimum Gasteiger partial charge on any atom is -0.327 e. The van der Waals surface area contributed by atoms with Gasteiger partial charge in [-0.2, -0.15) is 13.2 Å². The van der Waals surface area contributed by atoms with Gasteiger partial charge in [0.1, 0.15) is 0 Å². The maximum atomic E-state index is 11.9. The maximum absolute atomic E-state index is 11.9. The van der Waals surface area contributed by atoms with E-state index in [0.29, 0.717) is 13.0 Å². The zero-order chi connectivity index (χ0) is 12.9. The molecule has 2 unspecified atom stereocenters. The van der Waals surface area contributed by atoms with Gasteiger partial charge in [0.25, 0.3) is 0 Å². The first-order valence-corrected chi connectivity index (χ1v) is 6.36. The summed E-state index contributed by atoms with van der Waals surface area (Å²) in [6.07, 6.45) is -0.571. The molecular weight excluding hydrogens is 229 g/mol. The summed E-state index contributed by atoms with van der Waals surface area (Å²) < 4.78 is 35.7. The molecule has 0 spiro atoms. The Morgan fingerprint density at radius 1 is 1.35 bits per heavy atom. The van der Waals surface area contributed by atoms with Gasteiger partial charge in [-0.15, -0.1) is 0 Å². The number of alkyl halides is 3. The first-order chi connectivity index (χ1) is 7.83. The molecule has 0 bridgehead atoms. The van der Waals surface area contributed by atoms with Crippen LogP contribution >= 0.6 is 0 Å². The number of nitrogens with one attached hydrogen (secondary N) is 1. The average molecular weight is 252 g/mol. The highest BCUT2D eigenvalue weighted by Gasteiger charge is 2.35. The molecule has 1 saturated carbocycles. The van der Waals surface area contributed by atoms with Crippen molar-refractivity contribution in [2.45, 2.75) is 57.7 Å². The summed E-state index contributed by atoms with van der Waals surface area (Å²) >= 11 is 0. The zero-order valence-electron chi connectivity index (χ0n) is 10.4. The second-order valence-corrected chi connectivity index (χ2v) is 5.40. The van der Waals surface area contributed by atoms with Crippen LogP contribution in [0, 0.1) is 5.41 Å². The highest BCUT2D eigenvalue weighted by Crippen LogP contribution is 2.35. The van der Waals surface area contributed by atoms with Crippen LogP contribution in [0.25, 0.3) is 0 Å². The van der Waals surface area contributed by atoms with Crippen LogP contribution in [0.4, 0.5) is 13.2 Å². The predicted octanol–water partition coefficient (Wildman–Crippen LogP) is 2.83. The molecule has 3 N–H and O–H groups in total. The van der Waals surface area contributed by atoms with E-state index >= 15 is 0 Å². The Bertz CT molecular complexity index is 230. The van der Waals surface area contributed by atoms with Crippen molar-refractivity contribution >= 4 is 0 Å². The van der Waals surface area contributed by atoms with Crippen molar-refractivity contribution in [3.05, 3.63) is 0 Å². The van der Waals surface area contributed by atoms with E-state index in [0.717, 1.165) is 25.8 Å². The molecule has 0 aromatic carbocycles. The summed E-state index contributed by atoms with van der Waals surface area (Å²) in [5, 5.41) is 3.24. The first kappa shape index (κ1) is 14.8. The van der Waals surface area contributed by atoms with Gasteiger partial charge in [-0.25, -0.2) is 0 Å². The number of unbranched alkanes of at least 4 members (excludes halogenated alkanes) is 1. The number of nitrogens with two attached hydrogens (primary N) is 1. The van der Waals surface area contributed by atoms with Gasteiger partial charge in [0, 0.05) is 19.0 Å². The van der Waals surface area contributed by atoms with Gasteiger partial charge in [0.2, 0.25) is 0 Å². The van der Waals surface area contributed by atoms with Crippen LogP contribution in [-0.2, 0) is 0 Å². The lowest BCUT2D eigenvalue weighted by Crippen LogP contribution is -2.42. The van der Waals surface area contributed by atoms with Crippen LogP contribution < -0.4 is 11.1 Å². The molecule has 0 amide bonds. The highest BCUT2D eigenvalue weighted by molar-refractivity contribution is 4.92. The minimum atomic E-state index is -4.01. The monoisotopic (exact) mass is 252 g/mol. The van der Waals surface area contributed by atoms with E-state index in [9.17, 15) is 13.2 Å². The van der Waals surface area contributed by atoms with Crippen molar-refractivity contribution in [1.29, 1.82) is 0 Å². The fourth-order valence-corrected chi connectivity index (χ4v) is 2.43. The fourth-order valence-electron chi connectivity index (χ4n) is 2.43. The van der Waals surface area contributed by atoms with E-state index in [2.05, 4.69) is 12.2 Å². The smallest absolute Gasteiger partial charge is 0.327 e. The molecule has 0 heterocycles. The normalized spacial score (nSPS) is 29.8. The Labute approximate surface area is 101 Å². The van der Waals surface area contributed by atoms with E-state index in [1.165, 1.54) is 0 Å². The Balaban J connectivity index is 2.04. The van der Waals surface area contributed by atoms with E-state index < -0.39 is 12.6 Å². The second kappa shape index (κ2) is 6.05. The standard InChI is InChI=1S/C12H23F3N2/c1-11(6-4-5-10(11)16)9-17-8-3-2-7-12(13,14)15/h10,17H,2-9,16H2,1H3. The fraction of sp³-hybridized carbons (Fsp3) is 1.00. The largest absolute Gasteiger partial charge is 0.389 e. The molecule has 0 aromatic heterocycles. The Kier molecular flexibility index (Phi) is 5.25. The Morgan fingerprint density at radius 3 is 2.59 bits per heavy atom. The molecule has 0 aromatic rings. The van der Waals surface area contributed by atoms with Crippen LogP contribution in [-0.4, -0.2) is 25.3 Å². The summed E-state index contributed by atoms with van der Waals surface area (Å²) in [6, 6.07) is 0.227. The van der Waals surface area contributed by atoms with E-state index in [1.807, 2.05) is 0 Å². The van der Waals surface area contributed by atoms with Crippen molar-refractivity contribution < 1.29 is 13.2 Å². The summed E-state index contributed by atoms with van der Waals surface area (Å²) in [5.74, 6) is 0. The minimum absolute atomic E-state index is 0.129. The van der Waals surface area contributed by atoms with Gasteiger partial charge in [-0.05, 0) is 37.6 Å². The lowest BCUT2D eigenvalue weighted by Gasteiger charge is -2.29. The third kappa shape index (κ3) is 5.25. The Hall–Kier alpha value is -0.290. The topological polar surface area (TPSA) is 38.0 Å².